The van der Waals surface area contributed by atoms with Crippen molar-refractivity contribution in [1.29, 1.82) is 0 Å². The number of nitrogens with two attached hydrogens (primary N) is 2. The van der Waals surface area contributed by atoms with Gasteiger partial charge in [-0.2, -0.15) is 15.0 Å². The van der Waals surface area contributed by atoms with E-state index in [0.29, 0.717) is 23.9 Å². The van der Waals surface area contributed by atoms with Crippen molar-refractivity contribution in [3.63, 3.8) is 0 Å². The lowest BCUT2D eigenvalue weighted by atomic mass is 10.0. The Hall–Kier alpha value is -4.37. The average molecular weight is 458 g/mol. The largest absolute Gasteiger partial charge is 0.480 e. The van der Waals surface area contributed by atoms with Gasteiger partial charge in [0.1, 0.15) is 11.9 Å². The SMILES string of the molecule is Nc1nc(NCc2ccc(-c3cccc(F)c3)cc2)nc(-c2ccc(C[C@H](N)C(=O)O)cc2)n1. The third kappa shape index (κ3) is 5.70. The number of carbonyl (C=O) groups is 1. The van der Waals surface area contributed by atoms with Crippen LogP contribution in [0.2, 0.25) is 0 Å². The first-order valence-corrected chi connectivity index (χ1v) is 10.6. The van der Waals surface area contributed by atoms with Gasteiger partial charge in [0.2, 0.25) is 11.9 Å². The molecular formula is C25H23FN6O2. The van der Waals surface area contributed by atoms with Crippen LogP contribution in [0.5, 0.6) is 0 Å². The maximum Gasteiger partial charge on any atom is 0.320 e. The van der Waals surface area contributed by atoms with Crippen LogP contribution in [0.25, 0.3) is 22.5 Å². The Balaban J connectivity index is 1.44. The van der Waals surface area contributed by atoms with E-state index in [1.54, 1.807) is 30.3 Å². The normalized spacial score (nSPS) is 11.7. The van der Waals surface area contributed by atoms with E-state index >= 15 is 0 Å². The van der Waals surface area contributed by atoms with E-state index in [4.69, 9.17) is 16.6 Å². The maximum absolute atomic E-state index is 13.5. The van der Waals surface area contributed by atoms with E-state index in [1.165, 1.54) is 12.1 Å². The van der Waals surface area contributed by atoms with Crippen LogP contribution in [0.3, 0.4) is 0 Å². The first-order valence-electron chi connectivity index (χ1n) is 10.6. The number of halogens is 1. The Labute approximate surface area is 195 Å². The molecule has 8 nitrogen and oxygen atoms in total. The summed E-state index contributed by atoms with van der Waals surface area (Å²) in [4.78, 5) is 23.7. The molecule has 172 valence electrons. The molecule has 0 aliphatic carbocycles. The van der Waals surface area contributed by atoms with E-state index < -0.39 is 12.0 Å². The number of carboxylic acids is 1. The van der Waals surface area contributed by atoms with Crippen LogP contribution in [0.1, 0.15) is 11.1 Å². The fourth-order valence-electron chi connectivity index (χ4n) is 3.40. The molecule has 0 saturated heterocycles. The number of rotatable bonds is 8. The third-order valence-electron chi connectivity index (χ3n) is 5.20. The highest BCUT2D eigenvalue weighted by Crippen LogP contribution is 2.22. The van der Waals surface area contributed by atoms with Crippen LogP contribution in [0.4, 0.5) is 16.3 Å². The van der Waals surface area contributed by atoms with Crippen LogP contribution in [0, 0.1) is 5.82 Å². The monoisotopic (exact) mass is 458 g/mol. The molecule has 0 amide bonds. The Morgan fingerprint density at radius 1 is 0.912 bits per heavy atom. The first kappa shape index (κ1) is 22.8. The number of nitrogen functional groups attached to an aromatic ring is 1. The Kier molecular flexibility index (Phi) is 6.74. The van der Waals surface area contributed by atoms with Crippen LogP contribution < -0.4 is 16.8 Å². The number of nitrogens with one attached hydrogen (secondary N) is 1. The van der Waals surface area contributed by atoms with Crippen molar-refractivity contribution in [3.8, 4) is 22.5 Å². The fraction of sp³-hybridized carbons (Fsp3) is 0.120. The number of hydrogen-bond donors (Lipinski definition) is 4. The zero-order valence-corrected chi connectivity index (χ0v) is 18.1. The molecule has 0 radical (unpaired) electrons. The van der Waals surface area contributed by atoms with Gasteiger partial charge in [-0.15, -0.1) is 0 Å². The summed E-state index contributed by atoms with van der Waals surface area (Å²) < 4.78 is 13.5. The molecule has 0 spiro atoms. The average Bonchev–Trinajstić information content (AvgIpc) is 2.83. The number of anilines is 2. The van der Waals surface area contributed by atoms with Crippen LogP contribution >= 0.6 is 0 Å². The molecule has 4 rings (SSSR count). The highest BCUT2D eigenvalue weighted by Gasteiger charge is 2.13. The number of aliphatic carboxylic acids is 1. The number of carboxylic acid groups (broad SMARTS) is 1. The molecule has 0 saturated carbocycles. The predicted octanol–water partition coefficient (Wildman–Crippen LogP) is 3.49. The lowest BCUT2D eigenvalue weighted by molar-refractivity contribution is -0.138. The second-order valence-corrected chi connectivity index (χ2v) is 7.75. The highest BCUT2D eigenvalue weighted by molar-refractivity contribution is 5.73. The third-order valence-corrected chi connectivity index (χ3v) is 5.20. The Bertz CT molecular complexity index is 1300. The zero-order chi connectivity index (χ0) is 24.1. The van der Waals surface area contributed by atoms with E-state index in [2.05, 4.69) is 20.3 Å². The summed E-state index contributed by atoms with van der Waals surface area (Å²) in [5.74, 6) is -0.524. The summed E-state index contributed by atoms with van der Waals surface area (Å²) >= 11 is 0. The molecule has 1 aromatic heterocycles. The minimum Gasteiger partial charge on any atom is -0.480 e. The zero-order valence-electron chi connectivity index (χ0n) is 18.1. The molecule has 6 N–H and O–H groups in total. The molecule has 0 aliphatic rings. The second-order valence-electron chi connectivity index (χ2n) is 7.75. The second kappa shape index (κ2) is 10.1. The van der Waals surface area contributed by atoms with E-state index in [9.17, 15) is 9.18 Å². The van der Waals surface area contributed by atoms with Crippen molar-refractivity contribution in [2.75, 3.05) is 11.1 Å². The quantitative estimate of drug-likeness (QED) is 0.315. The number of aromatic nitrogens is 3. The summed E-state index contributed by atoms with van der Waals surface area (Å²) in [6, 6.07) is 20.4. The molecule has 0 fully saturated rings. The predicted molar refractivity (Wildman–Crippen MR) is 128 cm³/mol. The summed E-state index contributed by atoms with van der Waals surface area (Å²) in [5.41, 5.74) is 15.7. The van der Waals surface area contributed by atoms with Gasteiger partial charge in [-0.25, -0.2) is 4.39 Å². The smallest absolute Gasteiger partial charge is 0.320 e. The van der Waals surface area contributed by atoms with E-state index in [-0.39, 0.29) is 18.2 Å². The van der Waals surface area contributed by atoms with Crippen LogP contribution in [0.15, 0.2) is 72.8 Å². The molecule has 0 bridgehead atoms. The molecule has 34 heavy (non-hydrogen) atoms. The lowest BCUT2D eigenvalue weighted by Gasteiger charge is -2.10. The number of nitrogens with zero attached hydrogens (tertiary/aromatic N) is 3. The first-order chi connectivity index (χ1) is 16.4. The molecule has 1 atom stereocenters. The van der Waals surface area contributed by atoms with Gasteiger partial charge in [0.05, 0.1) is 0 Å². The summed E-state index contributed by atoms with van der Waals surface area (Å²) in [7, 11) is 0. The van der Waals surface area contributed by atoms with Gasteiger partial charge in [0.15, 0.2) is 5.82 Å². The van der Waals surface area contributed by atoms with Crippen molar-refractivity contribution >= 4 is 17.9 Å². The minimum absolute atomic E-state index is 0.0749. The molecule has 3 aromatic carbocycles. The van der Waals surface area contributed by atoms with Crippen molar-refractivity contribution in [2.45, 2.75) is 19.0 Å². The van der Waals surface area contributed by atoms with Crippen LogP contribution in [-0.4, -0.2) is 32.1 Å². The molecule has 0 unspecified atom stereocenters. The number of benzene rings is 3. The van der Waals surface area contributed by atoms with Gasteiger partial charge in [-0.3, -0.25) is 4.79 Å². The maximum atomic E-state index is 13.5. The van der Waals surface area contributed by atoms with Gasteiger partial charge in [0, 0.05) is 12.1 Å². The molecule has 9 heteroatoms. The molecule has 4 aromatic rings. The molecular weight excluding hydrogens is 435 g/mol. The van der Waals surface area contributed by atoms with Crippen molar-refractivity contribution in [1.82, 2.24) is 15.0 Å². The molecule has 1 heterocycles. The van der Waals surface area contributed by atoms with Crippen molar-refractivity contribution in [2.24, 2.45) is 5.73 Å². The minimum atomic E-state index is -1.05. The Morgan fingerprint density at radius 2 is 1.59 bits per heavy atom. The van der Waals surface area contributed by atoms with Gasteiger partial charge < -0.3 is 21.9 Å². The summed E-state index contributed by atoms with van der Waals surface area (Å²) in [6.07, 6.45) is 0.222. The van der Waals surface area contributed by atoms with E-state index in [0.717, 1.165) is 22.3 Å². The van der Waals surface area contributed by atoms with Gasteiger partial charge >= 0.3 is 5.97 Å². The highest BCUT2D eigenvalue weighted by atomic mass is 19.1. The summed E-state index contributed by atoms with van der Waals surface area (Å²) in [6.45, 7) is 0.457. The van der Waals surface area contributed by atoms with Gasteiger partial charge in [-0.1, -0.05) is 60.7 Å². The van der Waals surface area contributed by atoms with Crippen LogP contribution in [-0.2, 0) is 17.8 Å². The summed E-state index contributed by atoms with van der Waals surface area (Å²) in [5, 5.41) is 12.1. The number of hydrogen-bond acceptors (Lipinski definition) is 7. The standard InChI is InChI=1S/C25H23FN6O2/c26-20-3-1-2-19(13-20)17-8-6-16(7-9-17)14-29-25-31-22(30-24(28)32-25)18-10-4-15(5-11-18)12-21(27)23(33)34/h1-11,13,21H,12,14,27H2,(H,33,34)(H3,28,29,30,31,32)/t21-/m0/s1. The fourth-order valence-corrected chi connectivity index (χ4v) is 3.40. The molecule has 0 aliphatic heterocycles. The lowest BCUT2D eigenvalue weighted by Crippen LogP contribution is -2.32. The van der Waals surface area contributed by atoms with Crippen molar-refractivity contribution < 1.29 is 14.3 Å². The van der Waals surface area contributed by atoms with Gasteiger partial charge in [0.25, 0.3) is 0 Å². The topological polar surface area (TPSA) is 140 Å². The van der Waals surface area contributed by atoms with E-state index in [1.807, 2.05) is 30.3 Å². The van der Waals surface area contributed by atoms with Gasteiger partial charge in [-0.05, 0) is 40.8 Å². The van der Waals surface area contributed by atoms with Crippen molar-refractivity contribution in [3.05, 3.63) is 89.7 Å². The Morgan fingerprint density at radius 3 is 2.26 bits per heavy atom.